The van der Waals surface area contributed by atoms with Gasteiger partial charge in [-0.05, 0) is 50.4 Å². The van der Waals surface area contributed by atoms with E-state index in [9.17, 15) is 4.79 Å². The average Bonchev–Trinajstić information content (AvgIpc) is 3.45. The van der Waals surface area contributed by atoms with Gasteiger partial charge in [0, 0.05) is 27.4 Å². The molecule has 0 radical (unpaired) electrons. The fourth-order valence-corrected chi connectivity index (χ4v) is 4.51. The van der Waals surface area contributed by atoms with E-state index in [1.165, 1.54) is 22.2 Å². The predicted octanol–water partition coefficient (Wildman–Crippen LogP) is 5.55. The number of benzene rings is 1. The van der Waals surface area contributed by atoms with Gasteiger partial charge >= 0.3 is 0 Å². The minimum absolute atomic E-state index is 0.0654. The highest BCUT2D eigenvalue weighted by atomic mass is 32.2. The number of aryl methyl sites for hydroxylation is 2. The maximum Gasteiger partial charge on any atom is 0.277 e. The Morgan fingerprint density at radius 3 is 2.66 bits per heavy atom. The van der Waals surface area contributed by atoms with E-state index < -0.39 is 0 Å². The van der Waals surface area contributed by atoms with Crippen LogP contribution >= 0.6 is 23.1 Å². The first-order valence-electron chi connectivity index (χ1n) is 9.27. The molecule has 0 aliphatic heterocycles. The van der Waals surface area contributed by atoms with Gasteiger partial charge in [-0.25, -0.2) is 0 Å². The predicted molar refractivity (Wildman–Crippen MR) is 117 cm³/mol. The van der Waals surface area contributed by atoms with Crippen molar-refractivity contribution in [2.45, 2.75) is 32.5 Å². The van der Waals surface area contributed by atoms with Gasteiger partial charge in [0.2, 0.25) is 5.89 Å². The van der Waals surface area contributed by atoms with E-state index in [0.29, 0.717) is 11.1 Å². The molecule has 0 atom stereocenters. The minimum Gasteiger partial charge on any atom is -0.411 e. The molecule has 4 aromatic rings. The molecule has 1 aromatic carbocycles. The first kappa shape index (κ1) is 19.7. The summed E-state index contributed by atoms with van der Waals surface area (Å²) >= 11 is 3.00. The Kier molecular flexibility index (Phi) is 5.69. The van der Waals surface area contributed by atoms with Crippen LogP contribution in [0.25, 0.3) is 11.5 Å². The number of carbonyl (C=O) groups excluding carboxylic acids is 1. The Balaban J connectivity index is 1.43. The third kappa shape index (κ3) is 4.36. The molecule has 0 aliphatic carbocycles. The Hall–Kier alpha value is -2.64. The molecule has 7 heteroatoms. The molecule has 0 N–H and O–H groups in total. The summed E-state index contributed by atoms with van der Waals surface area (Å²) in [4.78, 5) is 14.1. The number of hydrogen-bond donors (Lipinski definition) is 0. The summed E-state index contributed by atoms with van der Waals surface area (Å²) in [5.74, 6) is 0.795. The van der Waals surface area contributed by atoms with Crippen LogP contribution in [0.5, 0.6) is 0 Å². The van der Waals surface area contributed by atoms with Gasteiger partial charge in [0.25, 0.3) is 5.22 Å². The molecule has 0 aliphatic rings. The fourth-order valence-electron chi connectivity index (χ4n) is 3.17. The SMILES string of the molecule is Cc1ccc(-c2nnc(SCC(=O)c3cc(C)n(Cc4cccs4)c3C)o2)cc1. The molecule has 0 bridgehead atoms. The first-order valence-corrected chi connectivity index (χ1v) is 11.1. The zero-order chi connectivity index (χ0) is 20.4. The summed E-state index contributed by atoms with van der Waals surface area (Å²) in [6.45, 7) is 6.86. The number of thioether (sulfide) groups is 1. The fraction of sp³-hybridized carbons (Fsp3) is 0.227. The number of hydrogen-bond acceptors (Lipinski definition) is 6. The summed E-state index contributed by atoms with van der Waals surface area (Å²) < 4.78 is 7.90. The largest absolute Gasteiger partial charge is 0.411 e. The molecule has 29 heavy (non-hydrogen) atoms. The topological polar surface area (TPSA) is 60.9 Å². The zero-order valence-corrected chi connectivity index (χ0v) is 18.1. The van der Waals surface area contributed by atoms with Crippen LogP contribution in [-0.4, -0.2) is 26.3 Å². The Labute approximate surface area is 177 Å². The molecule has 0 unspecified atom stereocenters. The quantitative estimate of drug-likeness (QED) is 0.288. The van der Waals surface area contributed by atoms with Gasteiger partial charge in [0.1, 0.15) is 0 Å². The van der Waals surface area contributed by atoms with E-state index >= 15 is 0 Å². The lowest BCUT2D eigenvalue weighted by Crippen LogP contribution is -2.07. The molecule has 0 spiro atoms. The van der Waals surface area contributed by atoms with Crippen molar-refractivity contribution in [2.75, 3.05) is 5.75 Å². The van der Waals surface area contributed by atoms with Gasteiger partial charge in [0.15, 0.2) is 5.78 Å². The second-order valence-corrected chi connectivity index (χ2v) is 8.86. The molecule has 3 aromatic heterocycles. The van der Waals surface area contributed by atoms with Crippen molar-refractivity contribution in [3.8, 4) is 11.5 Å². The van der Waals surface area contributed by atoms with E-state index in [1.54, 1.807) is 11.3 Å². The number of carbonyl (C=O) groups is 1. The number of thiophene rings is 1. The van der Waals surface area contributed by atoms with Crippen molar-refractivity contribution >= 4 is 28.9 Å². The van der Waals surface area contributed by atoms with E-state index in [-0.39, 0.29) is 11.5 Å². The molecule has 148 valence electrons. The molecule has 3 heterocycles. The lowest BCUT2D eigenvalue weighted by molar-refractivity contribution is 0.102. The van der Waals surface area contributed by atoms with Gasteiger partial charge in [-0.3, -0.25) is 4.79 Å². The Morgan fingerprint density at radius 2 is 1.93 bits per heavy atom. The van der Waals surface area contributed by atoms with E-state index in [4.69, 9.17) is 4.42 Å². The standard InChI is InChI=1S/C22H21N3O2S2/c1-14-6-8-17(9-7-14)21-23-24-22(27-21)29-13-20(26)19-11-15(2)25(16(19)3)12-18-5-4-10-28-18/h4-11H,12-13H2,1-3H3. The van der Waals surface area contributed by atoms with Crippen molar-refractivity contribution in [1.82, 2.24) is 14.8 Å². The Bertz CT molecular complexity index is 1130. The molecule has 0 saturated carbocycles. The Morgan fingerprint density at radius 1 is 1.14 bits per heavy atom. The van der Waals surface area contributed by atoms with Gasteiger partial charge in [-0.2, -0.15) is 0 Å². The first-order chi connectivity index (χ1) is 14.0. The van der Waals surface area contributed by atoms with Gasteiger partial charge in [-0.1, -0.05) is 35.5 Å². The number of nitrogens with zero attached hydrogens (tertiary/aromatic N) is 3. The molecule has 4 rings (SSSR count). The zero-order valence-electron chi connectivity index (χ0n) is 16.5. The van der Waals surface area contributed by atoms with Crippen LogP contribution in [0.4, 0.5) is 0 Å². The van der Waals surface area contributed by atoms with Crippen LogP contribution in [0.3, 0.4) is 0 Å². The van der Waals surface area contributed by atoms with E-state index in [1.807, 2.05) is 57.2 Å². The minimum atomic E-state index is 0.0654. The summed E-state index contributed by atoms with van der Waals surface area (Å²) in [6, 6.07) is 14.0. The number of aromatic nitrogens is 3. The number of rotatable bonds is 7. The van der Waals surface area contributed by atoms with Crippen LogP contribution in [0.1, 0.15) is 32.2 Å². The van der Waals surface area contributed by atoms with Gasteiger partial charge < -0.3 is 8.98 Å². The normalized spacial score (nSPS) is 11.1. The van der Waals surface area contributed by atoms with Gasteiger partial charge in [-0.15, -0.1) is 21.5 Å². The van der Waals surface area contributed by atoms with Gasteiger partial charge in [0.05, 0.1) is 12.3 Å². The van der Waals surface area contributed by atoms with Crippen LogP contribution in [0.15, 0.2) is 57.5 Å². The van der Waals surface area contributed by atoms with Crippen molar-refractivity contribution < 1.29 is 9.21 Å². The summed E-state index contributed by atoms with van der Waals surface area (Å²) in [7, 11) is 0. The second kappa shape index (κ2) is 8.39. The summed E-state index contributed by atoms with van der Waals surface area (Å²) in [5, 5.41) is 10.6. The van der Waals surface area contributed by atoms with Crippen molar-refractivity contribution in [2.24, 2.45) is 0 Å². The number of Topliss-reactive ketones (excluding diaryl/α,β-unsaturated/α-hetero) is 1. The van der Waals surface area contributed by atoms with Crippen LogP contribution < -0.4 is 0 Å². The monoisotopic (exact) mass is 423 g/mol. The summed E-state index contributed by atoms with van der Waals surface area (Å²) in [6.07, 6.45) is 0. The lowest BCUT2D eigenvalue weighted by Gasteiger charge is -2.08. The van der Waals surface area contributed by atoms with Crippen LogP contribution in [-0.2, 0) is 6.54 Å². The second-order valence-electron chi connectivity index (χ2n) is 6.90. The highest BCUT2D eigenvalue weighted by molar-refractivity contribution is 7.99. The summed E-state index contributed by atoms with van der Waals surface area (Å²) in [5.41, 5.74) is 4.88. The van der Waals surface area contributed by atoms with Crippen molar-refractivity contribution in [3.05, 3.63) is 75.2 Å². The molecule has 0 fully saturated rings. The van der Waals surface area contributed by atoms with Crippen molar-refractivity contribution in [3.63, 3.8) is 0 Å². The third-order valence-electron chi connectivity index (χ3n) is 4.80. The van der Waals surface area contributed by atoms with Crippen LogP contribution in [0, 0.1) is 20.8 Å². The molecule has 5 nitrogen and oxygen atoms in total. The van der Waals surface area contributed by atoms with Crippen LogP contribution in [0.2, 0.25) is 0 Å². The van der Waals surface area contributed by atoms with E-state index in [0.717, 1.165) is 29.1 Å². The maximum atomic E-state index is 12.8. The highest BCUT2D eigenvalue weighted by Crippen LogP contribution is 2.25. The molecular formula is C22H21N3O2S2. The molecule has 0 saturated heterocycles. The highest BCUT2D eigenvalue weighted by Gasteiger charge is 2.18. The smallest absolute Gasteiger partial charge is 0.277 e. The maximum absolute atomic E-state index is 12.8. The molecular weight excluding hydrogens is 402 g/mol. The number of ketones is 1. The average molecular weight is 424 g/mol. The third-order valence-corrected chi connectivity index (χ3v) is 6.48. The van der Waals surface area contributed by atoms with E-state index in [2.05, 4.69) is 26.2 Å². The van der Waals surface area contributed by atoms with Crippen molar-refractivity contribution in [1.29, 1.82) is 0 Å². The molecule has 0 amide bonds. The lowest BCUT2D eigenvalue weighted by atomic mass is 10.1.